The fraction of sp³-hybridized carbons (Fsp3) is 0.250. The van der Waals surface area contributed by atoms with Crippen molar-refractivity contribution in [3.8, 4) is 22.5 Å². The topological polar surface area (TPSA) is 79.1 Å². The number of benzene rings is 1. The molecule has 4 aromatic rings. The number of hydrogen-bond donors (Lipinski definition) is 0. The van der Waals surface area contributed by atoms with Gasteiger partial charge in [-0.15, -0.1) is 0 Å². The third-order valence-electron chi connectivity index (χ3n) is 5.68. The molecule has 0 N–H and O–H groups in total. The summed E-state index contributed by atoms with van der Waals surface area (Å²) < 4.78 is 40.9. The van der Waals surface area contributed by atoms with Crippen LogP contribution < -0.4 is 0 Å². The van der Waals surface area contributed by atoms with E-state index in [0.29, 0.717) is 28.9 Å². The van der Waals surface area contributed by atoms with Gasteiger partial charge < -0.3 is 9.47 Å². The van der Waals surface area contributed by atoms with Gasteiger partial charge in [0, 0.05) is 36.2 Å². The number of pyridine rings is 2. The summed E-state index contributed by atoms with van der Waals surface area (Å²) in [5, 5.41) is 4.37. The lowest BCUT2D eigenvalue weighted by Gasteiger charge is -2.22. The van der Waals surface area contributed by atoms with Crippen molar-refractivity contribution in [1.29, 1.82) is 0 Å². The molecule has 3 aromatic heterocycles. The number of nitrogens with zero attached hydrogens (tertiary/aromatic N) is 4. The van der Waals surface area contributed by atoms with Crippen LogP contribution in [0, 0.1) is 11.6 Å². The normalized spacial score (nSPS) is 16.1. The van der Waals surface area contributed by atoms with Crippen LogP contribution in [0.4, 0.5) is 8.78 Å². The maximum Gasteiger partial charge on any atom is 0.339 e. The Hall–Kier alpha value is -3.43. The summed E-state index contributed by atoms with van der Waals surface area (Å²) in [6.07, 6.45) is 5.52. The third kappa shape index (κ3) is 4.12. The molecule has 1 atom stereocenters. The van der Waals surface area contributed by atoms with Crippen molar-refractivity contribution >= 4 is 28.6 Å². The Labute approximate surface area is 198 Å². The van der Waals surface area contributed by atoms with Crippen LogP contribution in [0.2, 0.25) is 5.02 Å². The number of ether oxygens (including phenoxy) is 2. The van der Waals surface area contributed by atoms with E-state index in [9.17, 15) is 13.6 Å². The smallest absolute Gasteiger partial charge is 0.339 e. The number of fused-ring (bicyclic) bond motifs is 1. The van der Waals surface area contributed by atoms with Gasteiger partial charge in [-0.05, 0) is 43.5 Å². The molecule has 0 spiro atoms. The average molecular weight is 485 g/mol. The molecule has 1 fully saturated rings. The van der Waals surface area contributed by atoms with E-state index >= 15 is 0 Å². The Morgan fingerprint density at radius 2 is 2.00 bits per heavy atom. The Morgan fingerprint density at radius 1 is 1.15 bits per heavy atom. The van der Waals surface area contributed by atoms with Crippen molar-refractivity contribution in [1.82, 2.24) is 19.7 Å². The summed E-state index contributed by atoms with van der Waals surface area (Å²) in [5.74, 6) is -2.19. The first-order valence-electron chi connectivity index (χ1n) is 10.7. The fourth-order valence-corrected chi connectivity index (χ4v) is 4.11. The van der Waals surface area contributed by atoms with Crippen molar-refractivity contribution in [2.24, 2.45) is 0 Å². The van der Waals surface area contributed by atoms with E-state index in [0.717, 1.165) is 25.3 Å². The average Bonchev–Trinajstić information content (AvgIpc) is 3.31. The highest BCUT2D eigenvalue weighted by atomic mass is 35.5. The minimum atomic E-state index is -0.857. The number of methoxy groups -OCH3 is 1. The number of carbonyl (C=O) groups excluding carboxylic acids is 1. The third-order valence-corrected chi connectivity index (χ3v) is 5.97. The zero-order chi connectivity index (χ0) is 23.8. The molecule has 1 aromatic carbocycles. The molecule has 1 saturated heterocycles. The minimum absolute atomic E-state index is 0.0410. The number of aromatic nitrogens is 4. The molecule has 0 saturated carbocycles. The zero-order valence-electron chi connectivity index (χ0n) is 18.1. The van der Waals surface area contributed by atoms with Crippen LogP contribution in [0.1, 0.15) is 35.8 Å². The van der Waals surface area contributed by atoms with Crippen molar-refractivity contribution in [3.63, 3.8) is 0 Å². The number of hydrogen-bond acceptors (Lipinski definition) is 6. The van der Waals surface area contributed by atoms with Crippen molar-refractivity contribution in [2.75, 3.05) is 13.7 Å². The lowest BCUT2D eigenvalue weighted by atomic mass is 10.0. The van der Waals surface area contributed by atoms with Gasteiger partial charge >= 0.3 is 5.97 Å². The van der Waals surface area contributed by atoms with Gasteiger partial charge in [-0.3, -0.25) is 4.98 Å². The Balaban J connectivity index is 1.68. The van der Waals surface area contributed by atoms with Crippen LogP contribution in [0.25, 0.3) is 33.5 Å². The molecular weight excluding hydrogens is 466 g/mol. The summed E-state index contributed by atoms with van der Waals surface area (Å²) in [5.41, 5.74) is 2.52. The number of carbonyl (C=O) groups is 1. The predicted octanol–water partition coefficient (Wildman–Crippen LogP) is 5.58. The molecule has 0 bridgehead atoms. The van der Waals surface area contributed by atoms with Gasteiger partial charge in [0.1, 0.15) is 23.6 Å². The molecule has 0 aliphatic carbocycles. The van der Waals surface area contributed by atoms with E-state index < -0.39 is 17.6 Å². The molecule has 10 heteroatoms. The van der Waals surface area contributed by atoms with Crippen LogP contribution in [-0.4, -0.2) is 39.4 Å². The van der Waals surface area contributed by atoms with Gasteiger partial charge in [0.15, 0.2) is 0 Å². The molecule has 174 valence electrons. The zero-order valence-corrected chi connectivity index (χ0v) is 18.9. The number of halogens is 3. The van der Waals surface area contributed by atoms with Crippen LogP contribution in [-0.2, 0) is 9.47 Å². The van der Waals surface area contributed by atoms with Gasteiger partial charge in [0.2, 0.25) is 0 Å². The summed E-state index contributed by atoms with van der Waals surface area (Å²) in [6, 6.07) is 6.98. The van der Waals surface area contributed by atoms with Crippen molar-refractivity contribution in [3.05, 3.63) is 64.9 Å². The highest BCUT2D eigenvalue weighted by Gasteiger charge is 2.24. The summed E-state index contributed by atoms with van der Waals surface area (Å²) in [7, 11) is 1.28. The first-order valence-corrected chi connectivity index (χ1v) is 11.0. The summed E-state index contributed by atoms with van der Waals surface area (Å²) in [4.78, 5) is 20.8. The lowest BCUT2D eigenvalue weighted by molar-refractivity contribution is -0.0393. The van der Waals surface area contributed by atoms with Gasteiger partial charge in [-0.1, -0.05) is 11.6 Å². The second-order valence-electron chi connectivity index (χ2n) is 7.89. The van der Waals surface area contributed by atoms with Crippen LogP contribution in [0.5, 0.6) is 0 Å². The van der Waals surface area contributed by atoms with Crippen LogP contribution in [0.3, 0.4) is 0 Å². The van der Waals surface area contributed by atoms with Crippen LogP contribution in [0.15, 0.2) is 42.7 Å². The van der Waals surface area contributed by atoms with E-state index in [2.05, 4.69) is 15.1 Å². The largest absolute Gasteiger partial charge is 0.465 e. The Bertz CT molecular complexity index is 1400. The monoisotopic (exact) mass is 484 g/mol. The molecule has 1 aliphatic rings. The standard InChI is InChI=1S/C24H19ClF2N4O3/c1-33-24(32)13-8-21-20(28-11-13)6-5-19(29-21)15-12-31(22-4-2-3-7-34-22)30-23(15)14-9-16(25)18(27)10-17(14)26/h5-6,8-12,22H,2-4,7H2,1H3. The molecule has 34 heavy (non-hydrogen) atoms. The van der Waals surface area contributed by atoms with Gasteiger partial charge in [0.05, 0.1) is 34.4 Å². The fourth-order valence-electron chi connectivity index (χ4n) is 3.95. The first kappa shape index (κ1) is 22.4. The second kappa shape index (κ2) is 9.08. The molecule has 1 unspecified atom stereocenters. The molecule has 1 aliphatic heterocycles. The molecule has 7 nitrogen and oxygen atoms in total. The number of esters is 1. The maximum atomic E-state index is 14.8. The van der Waals surface area contributed by atoms with Crippen molar-refractivity contribution in [2.45, 2.75) is 25.5 Å². The molecule has 5 rings (SSSR count). The number of rotatable bonds is 4. The summed E-state index contributed by atoms with van der Waals surface area (Å²) >= 11 is 5.96. The minimum Gasteiger partial charge on any atom is -0.465 e. The van der Waals surface area contributed by atoms with E-state index in [1.807, 2.05) is 0 Å². The Morgan fingerprint density at radius 3 is 2.76 bits per heavy atom. The highest BCUT2D eigenvalue weighted by molar-refractivity contribution is 6.31. The van der Waals surface area contributed by atoms with Crippen LogP contribution >= 0.6 is 11.6 Å². The molecule has 0 amide bonds. The van der Waals surface area contributed by atoms with Gasteiger partial charge in [0.25, 0.3) is 0 Å². The van der Waals surface area contributed by atoms with E-state index in [1.165, 1.54) is 19.4 Å². The lowest BCUT2D eigenvalue weighted by Crippen LogP contribution is -2.18. The Kier molecular flexibility index (Phi) is 5.97. The van der Waals surface area contributed by atoms with E-state index in [-0.39, 0.29) is 28.1 Å². The molecular formula is C24H19ClF2N4O3. The second-order valence-corrected chi connectivity index (χ2v) is 8.30. The van der Waals surface area contributed by atoms with Gasteiger partial charge in [-0.2, -0.15) is 5.10 Å². The quantitative estimate of drug-likeness (QED) is 0.278. The molecule has 4 heterocycles. The SMILES string of the molecule is COC(=O)c1cnc2ccc(-c3cn(C4CCCCO4)nc3-c3cc(Cl)c(F)cc3F)nc2c1. The van der Waals surface area contributed by atoms with E-state index in [1.54, 1.807) is 29.1 Å². The van der Waals surface area contributed by atoms with E-state index in [4.69, 9.17) is 21.1 Å². The van der Waals surface area contributed by atoms with Gasteiger partial charge in [-0.25, -0.2) is 23.2 Å². The predicted molar refractivity (Wildman–Crippen MR) is 121 cm³/mol. The molecule has 0 radical (unpaired) electrons. The first-order chi connectivity index (χ1) is 16.4. The maximum absolute atomic E-state index is 14.8. The summed E-state index contributed by atoms with van der Waals surface area (Å²) in [6.45, 7) is 0.599. The van der Waals surface area contributed by atoms with Crippen molar-refractivity contribution < 1.29 is 23.0 Å². The highest BCUT2D eigenvalue weighted by Crippen LogP contribution is 2.36.